The lowest BCUT2D eigenvalue weighted by Crippen LogP contribution is -2.20. The van der Waals surface area contributed by atoms with Gasteiger partial charge in [-0.2, -0.15) is 0 Å². The third kappa shape index (κ3) is 3.12. The summed E-state index contributed by atoms with van der Waals surface area (Å²) in [6, 6.07) is 6.00. The maximum absolute atomic E-state index is 11.5. The van der Waals surface area contributed by atoms with Gasteiger partial charge in [-0.15, -0.1) is 0 Å². The Morgan fingerprint density at radius 3 is 2.47 bits per heavy atom. The summed E-state index contributed by atoms with van der Waals surface area (Å²) in [5.41, 5.74) is 2.44. The van der Waals surface area contributed by atoms with Gasteiger partial charge in [0, 0.05) is 6.04 Å². The van der Waals surface area contributed by atoms with Crippen LogP contribution in [0.25, 0.3) is 0 Å². The monoisotopic (exact) mass is 261 g/mol. The van der Waals surface area contributed by atoms with Gasteiger partial charge in [-0.05, 0) is 30.7 Å². The molecule has 1 aromatic carbocycles. The van der Waals surface area contributed by atoms with Gasteiger partial charge in [-0.25, -0.2) is 0 Å². The van der Waals surface area contributed by atoms with E-state index in [1.807, 2.05) is 18.2 Å². The molecule has 0 saturated heterocycles. The Morgan fingerprint density at radius 1 is 1.16 bits per heavy atom. The first-order valence-corrected chi connectivity index (χ1v) is 6.61. The Hall–Kier alpha value is -1.88. The Kier molecular flexibility index (Phi) is 4.16. The van der Waals surface area contributed by atoms with Crippen LogP contribution in [0, 0.1) is 0 Å². The van der Waals surface area contributed by atoms with Crippen LogP contribution in [0.15, 0.2) is 18.2 Å². The topological polar surface area (TPSA) is 70.2 Å². The number of hydrogen-bond donors (Lipinski definition) is 3. The zero-order valence-electron chi connectivity index (χ0n) is 11.2. The lowest BCUT2D eigenvalue weighted by Gasteiger charge is -2.18. The van der Waals surface area contributed by atoms with Crippen molar-refractivity contribution in [1.82, 2.24) is 5.32 Å². The molecule has 0 radical (unpaired) electrons. The van der Waals surface area contributed by atoms with E-state index >= 15 is 0 Å². The standard InChI is InChI=1S/C14H19N3O2/c1-3-10(15-4-2)9-5-6-11-12(7-9)17-14(19)8-13(18)16-11/h5-7,10,15H,3-4,8H2,1-2H3,(H,16,18)(H,17,19). The van der Waals surface area contributed by atoms with E-state index in [2.05, 4.69) is 29.8 Å². The maximum Gasteiger partial charge on any atom is 0.233 e. The average Bonchev–Trinajstić information content (AvgIpc) is 2.51. The molecular weight excluding hydrogens is 242 g/mol. The summed E-state index contributed by atoms with van der Waals surface area (Å²) in [5, 5.41) is 8.88. The molecule has 1 aromatic rings. The second kappa shape index (κ2) is 5.84. The predicted octanol–water partition coefficient (Wildman–Crippen LogP) is 2.03. The minimum absolute atomic E-state index is 0.131. The largest absolute Gasteiger partial charge is 0.324 e. The number of rotatable bonds is 4. The van der Waals surface area contributed by atoms with Gasteiger partial charge in [0.05, 0.1) is 11.4 Å². The Balaban J connectivity index is 2.32. The van der Waals surface area contributed by atoms with Crippen molar-refractivity contribution in [1.29, 1.82) is 0 Å². The molecule has 0 bridgehead atoms. The number of benzene rings is 1. The average molecular weight is 261 g/mol. The minimum atomic E-state index is -0.275. The third-order valence-electron chi connectivity index (χ3n) is 3.17. The van der Waals surface area contributed by atoms with E-state index < -0.39 is 0 Å². The van der Waals surface area contributed by atoms with Crippen molar-refractivity contribution in [2.24, 2.45) is 0 Å². The van der Waals surface area contributed by atoms with Crippen LogP contribution in [0.2, 0.25) is 0 Å². The normalized spacial score (nSPS) is 16.1. The summed E-state index contributed by atoms with van der Waals surface area (Å²) >= 11 is 0. The molecule has 19 heavy (non-hydrogen) atoms. The van der Waals surface area contributed by atoms with Crippen LogP contribution >= 0.6 is 0 Å². The highest BCUT2D eigenvalue weighted by Crippen LogP contribution is 2.29. The van der Waals surface area contributed by atoms with Gasteiger partial charge in [0.25, 0.3) is 0 Å². The summed E-state index contributed by atoms with van der Waals surface area (Å²) < 4.78 is 0. The highest BCUT2D eigenvalue weighted by Gasteiger charge is 2.19. The number of anilines is 2. The van der Waals surface area contributed by atoms with Crippen LogP contribution in [0.3, 0.4) is 0 Å². The van der Waals surface area contributed by atoms with E-state index in [1.165, 1.54) is 0 Å². The van der Waals surface area contributed by atoms with Crippen LogP contribution in [-0.2, 0) is 9.59 Å². The van der Waals surface area contributed by atoms with Crippen molar-refractivity contribution in [3.63, 3.8) is 0 Å². The molecule has 3 N–H and O–H groups in total. The molecule has 5 nitrogen and oxygen atoms in total. The number of nitrogens with one attached hydrogen (secondary N) is 3. The molecule has 0 saturated carbocycles. The molecule has 0 fully saturated rings. The number of carbonyl (C=O) groups is 2. The van der Waals surface area contributed by atoms with Gasteiger partial charge in [-0.3, -0.25) is 9.59 Å². The molecule has 102 valence electrons. The van der Waals surface area contributed by atoms with Gasteiger partial charge in [0.15, 0.2) is 0 Å². The van der Waals surface area contributed by atoms with Crippen LogP contribution in [0.4, 0.5) is 11.4 Å². The fraction of sp³-hybridized carbons (Fsp3) is 0.429. The van der Waals surface area contributed by atoms with E-state index in [1.54, 1.807) is 0 Å². The van der Waals surface area contributed by atoms with E-state index in [0.717, 1.165) is 18.5 Å². The van der Waals surface area contributed by atoms with Crippen LogP contribution in [0.1, 0.15) is 38.3 Å². The van der Waals surface area contributed by atoms with E-state index in [0.29, 0.717) is 11.4 Å². The van der Waals surface area contributed by atoms with Crippen molar-refractivity contribution < 1.29 is 9.59 Å². The Morgan fingerprint density at radius 2 is 1.84 bits per heavy atom. The van der Waals surface area contributed by atoms with Gasteiger partial charge < -0.3 is 16.0 Å². The van der Waals surface area contributed by atoms with Crippen molar-refractivity contribution >= 4 is 23.2 Å². The fourth-order valence-electron chi connectivity index (χ4n) is 2.27. The van der Waals surface area contributed by atoms with E-state index in [4.69, 9.17) is 0 Å². The minimum Gasteiger partial charge on any atom is -0.324 e. The molecule has 0 aromatic heterocycles. The fourth-order valence-corrected chi connectivity index (χ4v) is 2.27. The van der Waals surface area contributed by atoms with Crippen molar-refractivity contribution in [3.8, 4) is 0 Å². The van der Waals surface area contributed by atoms with Crippen LogP contribution < -0.4 is 16.0 Å². The SMILES string of the molecule is CCNC(CC)c1ccc2c(c1)NC(=O)CC(=O)N2. The van der Waals surface area contributed by atoms with Gasteiger partial charge in [0.2, 0.25) is 11.8 Å². The maximum atomic E-state index is 11.5. The molecule has 1 aliphatic heterocycles. The highest BCUT2D eigenvalue weighted by molar-refractivity contribution is 6.13. The quantitative estimate of drug-likeness (QED) is 0.726. The summed E-state index contributed by atoms with van der Waals surface area (Å²) in [5.74, 6) is -0.548. The second-order valence-corrected chi connectivity index (χ2v) is 4.60. The van der Waals surface area contributed by atoms with Crippen molar-refractivity contribution in [3.05, 3.63) is 23.8 Å². The first-order valence-electron chi connectivity index (χ1n) is 6.61. The highest BCUT2D eigenvalue weighted by atomic mass is 16.2. The molecule has 1 unspecified atom stereocenters. The lowest BCUT2D eigenvalue weighted by molar-refractivity contribution is -0.123. The first-order chi connectivity index (χ1) is 9.13. The third-order valence-corrected chi connectivity index (χ3v) is 3.17. The van der Waals surface area contributed by atoms with Crippen LogP contribution in [-0.4, -0.2) is 18.4 Å². The molecule has 5 heteroatoms. The summed E-state index contributed by atoms with van der Waals surface area (Å²) in [6.07, 6.45) is 0.835. The van der Waals surface area contributed by atoms with Crippen LogP contribution in [0.5, 0.6) is 0 Å². The number of amides is 2. The summed E-state index contributed by atoms with van der Waals surface area (Å²) in [4.78, 5) is 23.0. The molecule has 2 rings (SSSR count). The molecule has 1 atom stereocenters. The van der Waals surface area contributed by atoms with E-state index in [-0.39, 0.29) is 24.3 Å². The summed E-state index contributed by atoms with van der Waals surface area (Å²) in [6.45, 7) is 5.06. The van der Waals surface area contributed by atoms with Crippen molar-refractivity contribution in [2.45, 2.75) is 32.7 Å². The predicted molar refractivity (Wildman–Crippen MR) is 75.0 cm³/mol. The zero-order valence-corrected chi connectivity index (χ0v) is 11.2. The lowest BCUT2D eigenvalue weighted by atomic mass is 10.0. The van der Waals surface area contributed by atoms with Gasteiger partial charge in [-0.1, -0.05) is 19.9 Å². The summed E-state index contributed by atoms with van der Waals surface area (Å²) in [7, 11) is 0. The zero-order chi connectivity index (χ0) is 13.8. The second-order valence-electron chi connectivity index (χ2n) is 4.60. The van der Waals surface area contributed by atoms with Gasteiger partial charge in [0.1, 0.15) is 6.42 Å². The first kappa shape index (κ1) is 13.5. The molecule has 1 heterocycles. The van der Waals surface area contributed by atoms with Gasteiger partial charge >= 0.3 is 0 Å². The number of carbonyl (C=O) groups excluding carboxylic acids is 2. The van der Waals surface area contributed by atoms with E-state index in [9.17, 15) is 9.59 Å². The molecule has 1 aliphatic rings. The number of hydrogen-bond acceptors (Lipinski definition) is 3. The molecule has 2 amide bonds. The molecular formula is C14H19N3O2. The Labute approximate surface area is 112 Å². The van der Waals surface area contributed by atoms with Crippen molar-refractivity contribution in [2.75, 3.05) is 17.2 Å². The molecule has 0 aliphatic carbocycles. The molecule has 0 spiro atoms. The Bertz CT molecular complexity index is 499. The smallest absolute Gasteiger partial charge is 0.233 e. The number of fused-ring (bicyclic) bond motifs is 1.